The van der Waals surface area contributed by atoms with Gasteiger partial charge in [-0.3, -0.25) is 0 Å². The lowest BCUT2D eigenvalue weighted by Gasteiger charge is -2.50. The maximum atomic E-state index is 12.4. The highest BCUT2D eigenvalue weighted by Crippen LogP contribution is 2.38. The summed E-state index contributed by atoms with van der Waals surface area (Å²) >= 11 is 0. The first kappa shape index (κ1) is 96.2. The number of rotatable bonds is 43. The Morgan fingerprint density at radius 2 is 0.450 bits per heavy atom. The van der Waals surface area contributed by atoms with Gasteiger partial charge in [0.05, 0.1) is 178 Å². The van der Waals surface area contributed by atoms with E-state index in [0.717, 1.165) is 0 Å². The minimum Gasteiger partial charge on any atom is -0.387 e. The Balaban J connectivity index is 1.32. The summed E-state index contributed by atoms with van der Waals surface area (Å²) in [5.74, 6) is 0. The second-order valence-electron chi connectivity index (χ2n) is 34.6. The van der Waals surface area contributed by atoms with Crippen molar-refractivity contribution in [1.29, 1.82) is 0 Å². The van der Waals surface area contributed by atoms with E-state index in [2.05, 4.69) is 0 Å². The molecule has 6 fully saturated rings. The third-order valence-corrected chi connectivity index (χ3v) is 18.7. The van der Waals surface area contributed by atoms with Gasteiger partial charge in [0.1, 0.15) is 210 Å². The molecule has 0 spiro atoms. The molecular weight excluding hydrogens is 1460 g/mol. The van der Waals surface area contributed by atoms with Crippen LogP contribution in [0.5, 0.6) is 0 Å². The van der Waals surface area contributed by atoms with Crippen LogP contribution in [0, 0.1) is 0 Å². The molecule has 0 aromatic carbocycles. The predicted molar refractivity (Wildman–Crippen MR) is 372 cm³/mol. The molecule has 0 bridgehead atoms. The standard InChI is InChI=1S/C68H136N5O36/c1-69(2,3)18-34(74)23-94-28-39-45(79)46(80)52(86)64(100-39)99-33-44-62(51(85)57(91)68(105-44)106-59-41(101-63(93-17)53(87)48(59)82)30-96-25-36(76)20-71(7,8)9)109-67-56(90)50(84)61(43(104-67)32-98-27-38(78)22-73(13,14)15)108-66-55(89)49(83)60(42(103-66)31-97-26-37(77)21-72(10,11)12)107-65-54(88)47(81)58(92-16)40(102-65)29-95-24-35(75)19-70(4,5)6/h34-68,74-91H,18-33H2,1-17H3/q+5/t34?,35?,36?,37?,38?,39-,40?,41?,42-,43?,44-,45-,46?,47?,48+,49?,50+,51?,52?,53?,54?,55?,56?,57?,58+,59+,60+,61+,62+,63+,64-,65-,66+,67-,68+/m0/s1. The fraction of sp³-hybridized carbons (Fsp3) is 1.00. The van der Waals surface area contributed by atoms with Crippen molar-refractivity contribution < 1.29 is 200 Å². The smallest absolute Gasteiger partial charge is 0.187 e. The number of nitrogens with zero attached hydrogens (tertiary/aromatic N) is 5. The van der Waals surface area contributed by atoms with Crippen molar-refractivity contribution in [2.24, 2.45) is 0 Å². The highest BCUT2D eigenvalue weighted by atomic mass is 16.8. The minimum atomic E-state index is -2.29. The Morgan fingerprint density at radius 3 is 0.706 bits per heavy atom. The normalized spacial score (nSPS) is 39.8. The van der Waals surface area contributed by atoms with Gasteiger partial charge >= 0.3 is 0 Å². The summed E-state index contributed by atoms with van der Waals surface area (Å²) in [5, 5.41) is 207. The first-order chi connectivity index (χ1) is 50.5. The van der Waals surface area contributed by atoms with Gasteiger partial charge in [-0.2, -0.15) is 0 Å². The molecule has 0 amide bonds. The molecule has 0 saturated carbocycles. The Labute approximate surface area is 637 Å². The molecule has 6 aliphatic heterocycles. The van der Waals surface area contributed by atoms with Crippen molar-refractivity contribution in [3.63, 3.8) is 0 Å². The lowest BCUT2D eigenvalue weighted by molar-refractivity contribution is -0.873. The molecular formula is C68H136N5O36+5. The number of aliphatic hydroxyl groups is 18. The van der Waals surface area contributed by atoms with Gasteiger partial charge in [0.25, 0.3) is 0 Å². The van der Waals surface area contributed by atoms with E-state index in [1.165, 1.54) is 14.2 Å². The van der Waals surface area contributed by atoms with Gasteiger partial charge in [0.15, 0.2) is 37.7 Å². The van der Waals surface area contributed by atoms with Gasteiger partial charge in [-0.1, -0.05) is 0 Å². The molecule has 18 N–H and O–H groups in total. The van der Waals surface area contributed by atoms with E-state index < -0.39 is 248 Å². The second kappa shape index (κ2) is 42.2. The molecule has 6 heterocycles. The van der Waals surface area contributed by atoms with E-state index in [9.17, 15) is 91.9 Å². The van der Waals surface area contributed by atoms with E-state index in [1.54, 1.807) is 0 Å². The number of ether oxygens (including phenoxy) is 18. The Hall–Kier alpha value is -1.64. The van der Waals surface area contributed by atoms with Crippen molar-refractivity contribution in [2.45, 2.75) is 215 Å². The van der Waals surface area contributed by atoms with E-state index in [0.29, 0.717) is 24.5 Å². The molecule has 6 aliphatic rings. The number of hydrogen-bond acceptors (Lipinski definition) is 36. The topological polar surface area (TPSA) is 530 Å². The van der Waals surface area contributed by atoms with Crippen LogP contribution in [0.4, 0.5) is 0 Å². The summed E-state index contributed by atoms with van der Waals surface area (Å²) in [7, 11) is 30.1. The number of methoxy groups -OCH3 is 2. The molecule has 35 atom stereocenters. The fourth-order valence-electron chi connectivity index (χ4n) is 13.8. The molecule has 0 aromatic heterocycles. The van der Waals surface area contributed by atoms with Crippen LogP contribution in [-0.4, -0.2) is 554 Å². The molecule has 41 heteroatoms. The molecule has 0 aliphatic carbocycles. The Morgan fingerprint density at radius 1 is 0.239 bits per heavy atom. The molecule has 6 saturated heterocycles. The first-order valence-corrected chi connectivity index (χ1v) is 36.9. The van der Waals surface area contributed by atoms with Gasteiger partial charge in [0.2, 0.25) is 0 Å². The van der Waals surface area contributed by atoms with E-state index in [4.69, 9.17) is 85.3 Å². The van der Waals surface area contributed by atoms with Crippen LogP contribution in [0.25, 0.3) is 0 Å². The van der Waals surface area contributed by atoms with Crippen molar-refractivity contribution in [1.82, 2.24) is 0 Å². The second-order valence-corrected chi connectivity index (χ2v) is 34.6. The third-order valence-electron chi connectivity index (χ3n) is 18.7. The van der Waals surface area contributed by atoms with Crippen LogP contribution in [-0.2, 0) is 85.3 Å². The van der Waals surface area contributed by atoms with Crippen molar-refractivity contribution in [3.8, 4) is 0 Å². The molecule has 18 unspecified atom stereocenters. The summed E-state index contributed by atoms with van der Waals surface area (Å²) in [6, 6.07) is 0. The van der Waals surface area contributed by atoms with Crippen LogP contribution in [0.15, 0.2) is 0 Å². The molecule has 6 rings (SSSR count). The zero-order valence-electron chi connectivity index (χ0n) is 66.2. The number of quaternary nitrogens is 5. The molecule has 644 valence electrons. The summed E-state index contributed by atoms with van der Waals surface area (Å²) in [6.45, 7) is -3.35. The SMILES string of the molecule is CO[C@@H]1OC(COCC(O)C[N+](C)(C)C)[C@@H](O[C@H]2O[C@@H](CO[C@H]3O[C@@H](COCC(O)C[N+](C)(C)C)[C@H](O)C(O)C3O)[C@@H](O[C@@H]3OC(COCC(O)C[N+](C)(C)C)[C@@H](O[C@H]4O[C@@H](COCC(O)C[N+](C)(C)C)[C@@H](O[C@@H]5OC(COCC(O)C[N+](C)(C)C)[C@@H](OC)C(O)C5O)C(O)C4O)[C@H](O)C3O)C(O)C2O)[C@H](O)C1O. The first-order valence-electron chi connectivity index (χ1n) is 36.9. The summed E-state index contributed by atoms with van der Waals surface area (Å²) < 4.78 is 110. The van der Waals surface area contributed by atoms with Gasteiger partial charge in [-0.25, -0.2) is 0 Å². The minimum absolute atomic E-state index is 0.156. The average molecular weight is 1600 g/mol. The number of likely N-dealkylation sites (N-methyl/N-ethyl adjacent to an activating group) is 5. The molecule has 41 nitrogen and oxygen atoms in total. The van der Waals surface area contributed by atoms with Crippen LogP contribution < -0.4 is 0 Å². The van der Waals surface area contributed by atoms with Crippen molar-refractivity contribution in [2.75, 3.05) is 225 Å². The molecule has 0 aromatic rings. The predicted octanol–water partition coefficient (Wildman–Crippen LogP) is -12.3. The van der Waals surface area contributed by atoms with Crippen molar-refractivity contribution >= 4 is 0 Å². The van der Waals surface area contributed by atoms with Crippen LogP contribution in [0.2, 0.25) is 0 Å². The van der Waals surface area contributed by atoms with Gasteiger partial charge in [0, 0.05) is 14.2 Å². The van der Waals surface area contributed by atoms with E-state index in [1.807, 2.05) is 106 Å². The number of hydrogen-bond donors (Lipinski definition) is 18. The quantitative estimate of drug-likeness (QED) is 0.0252. The zero-order valence-corrected chi connectivity index (χ0v) is 66.2. The highest BCUT2D eigenvalue weighted by molar-refractivity contribution is 5.00. The monoisotopic (exact) mass is 1600 g/mol. The average Bonchev–Trinajstić information content (AvgIpc) is 0.771. The summed E-state index contributed by atoms with van der Waals surface area (Å²) in [5.41, 5.74) is 0. The summed E-state index contributed by atoms with van der Waals surface area (Å²) in [6.07, 6.45) is -60.2. The molecule has 0 radical (unpaired) electrons. The van der Waals surface area contributed by atoms with E-state index in [-0.39, 0.29) is 70.3 Å². The van der Waals surface area contributed by atoms with Crippen LogP contribution in [0.3, 0.4) is 0 Å². The van der Waals surface area contributed by atoms with E-state index >= 15 is 0 Å². The molecule has 109 heavy (non-hydrogen) atoms. The fourth-order valence-corrected chi connectivity index (χ4v) is 13.8. The van der Waals surface area contributed by atoms with Gasteiger partial charge in [-0.05, 0) is 0 Å². The Kier molecular flexibility index (Phi) is 37.2. The lowest BCUT2D eigenvalue weighted by atomic mass is 9.95. The van der Waals surface area contributed by atoms with Gasteiger partial charge in [-0.15, -0.1) is 0 Å². The van der Waals surface area contributed by atoms with Crippen LogP contribution in [0.1, 0.15) is 0 Å². The summed E-state index contributed by atoms with van der Waals surface area (Å²) in [4.78, 5) is 0. The van der Waals surface area contributed by atoms with Crippen molar-refractivity contribution in [3.05, 3.63) is 0 Å². The van der Waals surface area contributed by atoms with Crippen LogP contribution >= 0.6 is 0 Å². The maximum Gasteiger partial charge on any atom is 0.187 e. The highest BCUT2D eigenvalue weighted by Gasteiger charge is 2.58. The zero-order chi connectivity index (χ0) is 81.7. The number of aliphatic hydroxyl groups excluding tert-OH is 18. The van der Waals surface area contributed by atoms with Gasteiger partial charge < -0.3 is 200 Å². The largest absolute Gasteiger partial charge is 0.387 e. The Bertz CT molecular complexity index is 2580. The lowest BCUT2D eigenvalue weighted by Crippen LogP contribution is -2.68. The maximum absolute atomic E-state index is 12.4. The third kappa shape index (κ3) is 29.4.